The molecule has 59 heavy (non-hydrogen) atoms. The second-order valence-electron chi connectivity index (χ2n) is 17.4. The summed E-state index contributed by atoms with van der Waals surface area (Å²) in [7, 11) is 0. The minimum Gasteiger partial charge on any atom is -0.511 e. The van der Waals surface area contributed by atoms with E-state index in [-0.39, 0.29) is 30.8 Å². The summed E-state index contributed by atoms with van der Waals surface area (Å²) in [6.45, 7) is 23.4. The molecule has 0 saturated carbocycles. The molecule has 6 rings (SSSR count). The Morgan fingerprint density at radius 1 is 0.881 bits per heavy atom. The zero-order valence-electron chi connectivity index (χ0n) is 37.4. The van der Waals surface area contributed by atoms with Gasteiger partial charge in [0, 0.05) is 52.8 Å². The topological polar surface area (TPSA) is 116 Å². The Hall–Kier alpha value is -4.82. The Balaban J connectivity index is 1.31. The van der Waals surface area contributed by atoms with E-state index < -0.39 is 6.10 Å². The standard InChI is InChI=1S/C51H66N4O4/c1-12-16-37-31(7)40-26-43-46(35(11)56)33(9)49(54-43)34(10)48-32(8)38(21-22-45(58)59-24-23-30(6)20-15-19-29(5)18-14-17-28(3)4)50(55-48)39-25-44(57)47-36(13-2)41(53-51(39)47)27-42(37)52-40/h17,19,23,26-27,32,35,38,55-57H,12-16,18,20-22,24-25H2,1-11H3/t32-,35+,38-/m0/s1. The molecule has 0 aromatic carbocycles. The summed E-state index contributed by atoms with van der Waals surface area (Å²) in [6.07, 6.45) is 17.9. The van der Waals surface area contributed by atoms with Crippen molar-refractivity contribution in [2.45, 2.75) is 146 Å². The molecule has 5 heterocycles. The summed E-state index contributed by atoms with van der Waals surface area (Å²) in [5.41, 5.74) is 18.8. The maximum atomic E-state index is 13.3. The molecule has 0 amide bonds. The van der Waals surface area contributed by atoms with E-state index in [0.29, 0.717) is 25.0 Å². The van der Waals surface area contributed by atoms with Crippen molar-refractivity contribution >= 4 is 23.1 Å². The van der Waals surface area contributed by atoms with Crippen molar-refractivity contribution in [1.29, 1.82) is 0 Å². The van der Waals surface area contributed by atoms with Crippen LogP contribution in [0.3, 0.4) is 0 Å². The average molecular weight is 799 g/mol. The van der Waals surface area contributed by atoms with Gasteiger partial charge in [0.15, 0.2) is 0 Å². The third-order valence-corrected chi connectivity index (χ3v) is 12.7. The molecule has 8 heteroatoms. The normalized spacial score (nSPS) is 22.3. The fourth-order valence-corrected chi connectivity index (χ4v) is 9.40. The van der Waals surface area contributed by atoms with Gasteiger partial charge in [-0.1, -0.05) is 56.1 Å². The molecular weight excluding hydrogens is 733 g/mol. The highest BCUT2D eigenvalue weighted by molar-refractivity contribution is 6.21. The van der Waals surface area contributed by atoms with Gasteiger partial charge >= 0.3 is 5.97 Å². The van der Waals surface area contributed by atoms with Crippen LogP contribution in [0.1, 0.15) is 140 Å². The number of aliphatic hydroxyl groups is 2. The van der Waals surface area contributed by atoms with Crippen LogP contribution < -0.4 is 5.32 Å². The second-order valence-corrected chi connectivity index (χ2v) is 17.4. The number of fused-ring (bicyclic) bond motifs is 5. The van der Waals surface area contributed by atoms with Gasteiger partial charge in [-0.3, -0.25) is 4.79 Å². The molecule has 0 spiro atoms. The summed E-state index contributed by atoms with van der Waals surface area (Å²) in [5, 5.41) is 26.6. The minimum absolute atomic E-state index is 0.00994. The summed E-state index contributed by atoms with van der Waals surface area (Å²) in [6, 6.07) is 0. The monoisotopic (exact) mass is 799 g/mol. The van der Waals surface area contributed by atoms with Gasteiger partial charge in [0.05, 0.1) is 40.3 Å². The number of rotatable bonds is 15. The van der Waals surface area contributed by atoms with E-state index in [2.05, 4.69) is 85.9 Å². The molecule has 314 valence electrons. The lowest BCUT2D eigenvalue weighted by Crippen LogP contribution is -2.16. The SMILES string of the molecule is CCCC1=C(C)C2=NC1=CC1=C(CC)C3=C(O)CC(=C4NC(=C(C)C5=NC(=C2)C([C@@H](C)O)=C5C)[C@@H](C)[C@@H]4CCC(=O)OCC=C(C)CCC=C(C)CCC=C(C)C)C3=N1. The fraction of sp³-hybridized carbons (Fsp3) is 0.490. The third kappa shape index (κ3) is 9.18. The Kier molecular flexibility index (Phi) is 13.8. The van der Waals surface area contributed by atoms with E-state index in [1.165, 1.54) is 22.3 Å². The van der Waals surface area contributed by atoms with E-state index in [0.717, 1.165) is 123 Å². The van der Waals surface area contributed by atoms with Crippen LogP contribution in [0.4, 0.5) is 0 Å². The zero-order chi connectivity index (χ0) is 42.7. The first-order valence-corrected chi connectivity index (χ1v) is 21.9. The van der Waals surface area contributed by atoms with Crippen LogP contribution in [-0.4, -0.2) is 46.0 Å². The van der Waals surface area contributed by atoms with Crippen LogP contribution in [0.5, 0.6) is 0 Å². The number of nitrogens with one attached hydrogen (secondary N) is 1. The van der Waals surface area contributed by atoms with Crippen molar-refractivity contribution in [2.24, 2.45) is 26.8 Å². The maximum Gasteiger partial charge on any atom is 0.306 e. The first-order chi connectivity index (χ1) is 28.1. The highest BCUT2D eigenvalue weighted by atomic mass is 16.5. The molecule has 5 aliphatic heterocycles. The molecule has 0 radical (unpaired) electrons. The number of aliphatic imine (C=N–C) groups is 3. The molecule has 1 saturated heterocycles. The Labute approximate surface area is 352 Å². The molecule has 1 fully saturated rings. The third-order valence-electron chi connectivity index (χ3n) is 12.7. The van der Waals surface area contributed by atoms with E-state index in [1.54, 1.807) is 6.92 Å². The summed E-state index contributed by atoms with van der Waals surface area (Å²) in [4.78, 5) is 29.0. The van der Waals surface area contributed by atoms with E-state index in [9.17, 15) is 15.0 Å². The van der Waals surface area contributed by atoms with Crippen molar-refractivity contribution in [3.8, 4) is 0 Å². The second kappa shape index (κ2) is 18.6. The molecule has 3 atom stereocenters. The Morgan fingerprint density at radius 2 is 1.59 bits per heavy atom. The number of carbonyl (C=O) groups is 1. The van der Waals surface area contributed by atoms with Crippen LogP contribution in [0.15, 0.2) is 141 Å². The molecule has 0 aromatic heterocycles. The van der Waals surface area contributed by atoms with Gasteiger partial charge in [0.1, 0.15) is 12.4 Å². The highest BCUT2D eigenvalue weighted by Crippen LogP contribution is 2.48. The van der Waals surface area contributed by atoms with Crippen LogP contribution >= 0.6 is 0 Å². The number of carbonyl (C=O) groups excluding carboxylic acids is 1. The number of hydrogen-bond acceptors (Lipinski definition) is 8. The van der Waals surface area contributed by atoms with E-state index >= 15 is 0 Å². The van der Waals surface area contributed by atoms with Gasteiger partial charge in [-0.2, -0.15) is 0 Å². The molecule has 8 bridgehead atoms. The molecule has 6 aliphatic rings. The fourth-order valence-electron chi connectivity index (χ4n) is 9.40. The number of aliphatic hydroxyl groups excluding tert-OH is 2. The maximum absolute atomic E-state index is 13.3. The predicted octanol–water partition coefficient (Wildman–Crippen LogP) is 12.0. The first-order valence-electron chi connectivity index (χ1n) is 21.9. The molecule has 3 N–H and O–H groups in total. The molecule has 0 unspecified atom stereocenters. The Morgan fingerprint density at radius 3 is 2.27 bits per heavy atom. The lowest BCUT2D eigenvalue weighted by atomic mass is 9.85. The summed E-state index contributed by atoms with van der Waals surface area (Å²) < 4.78 is 5.78. The van der Waals surface area contributed by atoms with Crippen molar-refractivity contribution < 1.29 is 19.7 Å². The van der Waals surface area contributed by atoms with Crippen molar-refractivity contribution in [3.05, 3.63) is 126 Å². The number of nitrogens with zero attached hydrogens (tertiary/aromatic N) is 3. The van der Waals surface area contributed by atoms with E-state index in [4.69, 9.17) is 19.7 Å². The van der Waals surface area contributed by atoms with Gasteiger partial charge in [-0.15, -0.1) is 0 Å². The largest absolute Gasteiger partial charge is 0.511 e. The zero-order valence-corrected chi connectivity index (χ0v) is 37.4. The minimum atomic E-state index is -0.722. The predicted molar refractivity (Wildman–Crippen MR) is 243 cm³/mol. The van der Waals surface area contributed by atoms with Gasteiger partial charge in [-0.25, -0.2) is 15.0 Å². The number of ether oxygens (including phenoxy) is 1. The average Bonchev–Trinajstić information content (AvgIpc) is 3.95. The van der Waals surface area contributed by atoms with Crippen molar-refractivity contribution in [3.63, 3.8) is 0 Å². The molecule has 0 aromatic rings. The van der Waals surface area contributed by atoms with Crippen LogP contribution in [0.2, 0.25) is 0 Å². The molecule has 8 nitrogen and oxygen atoms in total. The highest BCUT2D eigenvalue weighted by Gasteiger charge is 2.42. The number of esters is 1. The van der Waals surface area contributed by atoms with Gasteiger partial charge < -0.3 is 20.3 Å². The number of hydrogen-bond donors (Lipinski definition) is 3. The summed E-state index contributed by atoms with van der Waals surface area (Å²) in [5.74, 6) is 0.0717. The van der Waals surface area contributed by atoms with Crippen molar-refractivity contribution in [2.75, 3.05) is 6.61 Å². The first kappa shape index (κ1) is 43.8. The van der Waals surface area contributed by atoms with Crippen LogP contribution in [0.25, 0.3) is 0 Å². The van der Waals surface area contributed by atoms with Gasteiger partial charge in [-0.05, 0) is 146 Å². The quantitative estimate of drug-likeness (QED) is 0.113. The van der Waals surface area contributed by atoms with Gasteiger partial charge in [0.25, 0.3) is 0 Å². The number of allylic oxidation sites excluding steroid dienone is 16. The van der Waals surface area contributed by atoms with Crippen molar-refractivity contribution in [1.82, 2.24) is 5.32 Å². The Bertz CT molecular complexity index is 2240. The van der Waals surface area contributed by atoms with Gasteiger partial charge in [0.2, 0.25) is 0 Å². The van der Waals surface area contributed by atoms with E-state index in [1.807, 2.05) is 19.1 Å². The lowest BCUT2D eigenvalue weighted by molar-refractivity contribution is -0.142. The summed E-state index contributed by atoms with van der Waals surface area (Å²) >= 11 is 0. The smallest absolute Gasteiger partial charge is 0.306 e. The van der Waals surface area contributed by atoms with Crippen LogP contribution in [-0.2, 0) is 9.53 Å². The molecular formula is C51H66N4O4. The van der Waals surface area contributed by atoms with Crippen LogP contribution in [0, 0.1) is 11.8 Å². The molecule has 1 aliphatic carbocycles. The lowest BCUT2D eigenvalue weighted by Gasteiger charge is -2.18.